The molecule has 106 valence electrons. The molecule has 0 fully saturated rings. The van der Waals surface area contributed by atoms with Gasteiger partial charge < -0.3 is 10.2 Å². The van der Waals surface area contributed by atoms with E-state index in [1.807, 2.05) is 31.2 Å². The highest BCUT2D eigenvalue weighted by Gasteiger charge is 2.15. The lowest BCUT2D eigenvalue weighted by Gasteiger charge is -2.09. The summed E-state index contributed by atoms with van der Waals surface area (Å²) in [6, 6.07) is 9.32. The van der Waals surface area contributed by atoms with Gasteiger partial charge in [0.15, 0.2) is 5.65 Å². The number of aryl methyl sites for hydroxylation is 1. The number of hydrogen-bond acceptors (Lipinski definition) is 4. The molecule has 0 radical (unpaired) electrons. The first-order valence-corrected chi connectivity index (χ1v) is 6.39. The van der Waals surface area contributed by atoms with Crippen molar-refractivity contribution in [1.29, 1.82) is 0 Å². The fourth-order valence-electron chi connectivity index (χ4n) is 2.29. The van der Waals surface area contributed by atoms with E-state index >= 15 is 0 Å². The van der Waals surface area contributed by atoms with Crippen molar-refractivity contribution in [3.63, 3.8) is 0 Å². The third-order valence-electron chi connectivity index (χ3n) is 3.28. The Bertz CT molecular complexity index is 839. The highest BCUT2D eigenvalue weighted by atomic mass is 16.4. The minimum Gasteiger partial charge on any atom is -0.475 e. The minimum atomic E-state index is -1.17. The van der Waals surface area contributed by atoms with Gasteiger partial charge in [-0.2, -0.15) is 0 Å². The summed E-state index contributed by atoms with van der Waals surface area (Å²) in [5, 5.41) is 22.4. The first-order chi connectivity index (χ1) is 10.1. The Morgan fingerprint density at radius 3 is 2.81 bits per heavy atom. The molecule has 3 rings (SSSR count). The van der Waals surface area contributed by atoms with Gasteiger partial charge in [0.1, 0.15) is 0 Å². The van der Waals surface area contributed by atoms with Gasteiger partial charge in [0.25, 0.3) is 5.82 Å². The zero-order valence-electron chi connectivity index (χ0n) is 11.3. The number of aromatic carboxylic acids is 1. The second-order valence-corrected chi connectivity index (χ2v) is 4.75. The maximum Gasteiger partial charge on any atom is 0.375 e. The highest BCUT2D eigenvalue weighted by molar-refractivity contribution is 5.86. The lowest BCUT2D eigenvalue weighted by atomic mass is 9.99. The van der Waals surface area contributed by atoms with Crippen LogP contribution in [0.4, 0.5) is 0 Å². The van der Waals surface area contributed by atoms with Crippen molar-refractivity contribution in [1.82, 2.24) is 14.6 Å². The van der Waals surface area contributed by atoms with Crippen molar-refractivity contribution >= 4 is 11.6 Å². The SMILES string of the molecule is Cc1ccc(CO)c(-c2cccn3nc(C(=O)O)nc23)c1. The Morgan fingerprint density at radius 1 is 1.29 bits per heavy atom. The summed E-state index contributed by atoms with van der Waals surface area (Å²) in [6.07, 6.45) is 1.65. The van der Waals surface area contributed by atoms with Crippen LogP contribution in [0.1, 0.15) is 21.7 Å². The van der Waals surface area contributed by atoms with E-state index in [-0.39, 0.29) is 12.4 Å². The molecule has 0 atom stereocenters. The molecule has 0 unspecified atom stereocenters. The topological polar surface area (TPSA) is 87.7 Å². The predicted molar refractivity (Wildman–Crippen MR) is 76.0 cm³/mol. The first-order valence-electron chi connectivity index (χ1n) is 6.39. The molecule has 0 spiro atoms. The van der Waals surface area contributed by atoms with Crippen LogP contribution in [0.3, 0.4) is 0 Å². The molecule has 0 saturated heterocycles. The van der Waals surface area contributed by atoms with Crippen molar-refractivity contribution < 1.29 is 15.0 Å². The van der Waals surface area contributed by atoms with E-state index in [0.717, 1.165) is 22.3 Å². The molecule has 0 saturated carbocycles. The van der Waals surface area contributed by atoms with Crippen molar-refractivity contribution in [3.05, 3.63) is 53.5 Å². The summed E-state index contributed by atoms with van der Waals surface area (Å²) in [6.45, 7) is 1.86. The molecule has 2 heterocycles. The number of aliphatic hydroxyl groups excluding tert-OH is 1. The molecular formula is C15H13N3O3. The Balaban J connectivity index is 2.30. The average Bonchev–Trinajstić information content (AvgIpc) is 2.91. The first kappa shape index (κ1) is 13.3. The standard InChI is InChI=1S/C15H13N3O3/c1-9-4-5-10(8-19)12(7-9)11-3-2-6-18-14(11)16-13(17-18)15(20)21/h2-7,19H,8H2,1H3,(H,20,21). The summed E-state index contributed by atoms with van der Waals surface area (Å²) in [5.41, 5.74) is 3.82. The second kappa shape index (κ2) is 4.99. The van der Waals surface area contributed by atoms with Crippen LogP contribution in [0.2, 0.25) is 0 Å². The van der Waals surface area contributed by atoms with Crippen LogP contribution in [0.5, 0.6) is 0 Å². The van der Waals surface area contributed by atoms with Crippen LogP contribution in [0.15, 0.2) is 36.5 Å². The largest absolute Gasteiger partial charge is 0.475 e. The fourth-order valence-corrected chi connectivity index (χ4v) is 2.29. The molecule has 21 heavy (non-hydrogen) atoms. The molecule has 2 aromatic heterocycles. The summed E-state index contributed by atoms with van der Waals surface area (Å²) in [7, 11) is 0. The molecule has 3 aromatic rings. The summed E-state index contributed by atoms with van der Waals surface area (Å²) in [4.78, 5) is 15.1. The molecule has 0 aliphatic heterocycles. The number of aliphatic hydroxyl groups is 1. The molecule has 2 N–H and O–H groups in total. The lowest BCUT2D eigenvalue weighted by molar-refractivity contribution is 0.0684. The van der Waals surface area contributed by atoms with Crippen LogP contribution in [-0.4, -0.2) is 30.8 Å². The van der Waals surface area contributed by atoms with Crippen LogP contribution >= 0.6 is 0 Å². The Labute approximate surface area is 120 Å². The van der Waals surface area contributed by atoms with Crippen molar-refractivity contribution in [2.45, 2.75) is 13.5 Å². The van der Waals surface area contributed by atoms with Gasteiger partial charge in [0.2, 0.25) is 0 Å². The number of nitrogens with zero attached hydrogens (tertiary/aromatic N) is 3. The van der Waals surface area contributed by atoms with E-state index < -0.39 is 5.97 Å². The summed E-state index contributed by atoms with van der Waals surface area (Å²) >= 11 is 0. The van der Waals surface area contributed by atoms with Gasteiger partial charge in [-0.1, -0.05) is 23.8 Å². The molecule has 0 aliphatic rings. The molecule has 0 amide bonds. The van der Waals surface area contributed by atoms with E-state index in [4.69, 9.17) is 5.11 Å². The van der Waals surface area contributed by atoms with Gasteiger partial charge in [-0.05, 0) is 30.2 Å². The monoisotopic (exact) mass is 283 g/mol. The van der Waals surface area contributed by atoms with Crippen LogP contribution in [-0.2, 0) is 6.61 Å². The number of pyridine rings is 1. The molecule has 6 heteroatoms. The number of carboxylic acid groups (broad SMARTS) is 1. The quantitative estimate of drug-likeness (QED) is 0.766. The van der Waals surface area contributed by atoms with Crippen molar-refractivity contribution in [3.8, 4) is 11.1 Å². The lowest BCUT2D eigenvalue weighted by Crippen LogP contribution is -1.98. The van der Waals surface area contributed by atoms with Crippen molar-refractivity contribution in [2.75, 3.05) is 0 Å². The van der Waals surface area contributed by atoms with Crippen molar-refractivity contribution in [2.24, 2.45) is 0 Å². The fraction of sp³-hybridized carbons (Fsp3) is 0.133. The van der Waals surface area contributed by atoms with Crippen LogP contribution in [0, 0.1) is 6.92 Å². The maximum atomic E-state index is 11.0. The van der Waals surface area contributed by atoms with E-state index in [2.05, 4.69) is 10.1 Å². The molecule has 6 nitrogen and oxygen atoms in total. The van der Waals surface area contributed by atoms with Gasteiger partial charge in [-0.15, -0.1) is 5.10 Å². The zero-order chi connectivity index (χ0) is 15.0. The second-order valence-electron chi connectivity index (χ2n) is 4.75. The van der Waals surface area contributed by atoms with E-state index in [1.165, 1.54) is 4.52 Å². The number of rotatable bonds is 3. The summed E-state index contributed by atoms with van der Waals surface area (Å²) < 4.78 is 1.43. The molecular weight excluding hydrogens is 270 g/mol. The number of benzene rings is 1. The van der Waals surface area contributed by atoms with Gasteiger partial charge >= 0.3 is 5.97 Å². The third-order valence-corrected chi connectivity index (χ3v) is 3.28. The maximum absolute atomic E-state index is 11.0. The average molecular weight is 283 g/mol. The van der Waals surface area contributed by atoms with Gasteiger partial charge in [0, 0.05) is 11.8 Å². The van der Waals surface area contributed by atoms with Crippen LogP contribution < -0.4 is 0 Å². The Kier molecular flexibility index (Phi) is 3.15. The predicted octanol–water partition coefficient (Wildman–Crippen LogP) is 1.90. The van der Waals surface area contributed by atoms with E-state index in [1.54, 1.807) is 12.3 Å². The normalized spacial score (nSPS) is 11.0. The zero-order valence-corrected chi connectivity index (χ0v) is 11.3. The van der Waals surface area contributed by atoms with Gasteiger partial charge in [0.05, 0.1) is 6.61 Å². The summed E-state index contributed by atoms with van der Waals surface area (Å²) in [5.74, 6) is -1.42. The number of carboxylic acids is 1. The van der Waals surface area contributed by atoms with Gasteiger partial charge in [-0.25, -0.2) is 14.3 Å². The highest BCUT2D eigenvalue weighted by Crippen LogP contribution is 2.28. The Morgan fingerprint density at radius 2 is 2.10 bits per heavy atom. The number of fused-ring (bicyclic) bond motifs is 1. The Hall–Kier alpha value is -2.73. The number of aromatic nitrogens is 3. The number of hydrogen-bond donors (Lipinski definition) is 2. The van der Waals surface area contributed by atoms with Gasteiger partial charge in [-0.3, -0.25) is 0 Å². The van der Waals surface area contributed by atoms with Crippen LogP contribution in [0.25, 0.3) is 16.8 Å². The molecule has 0 bridgehead atoms. The minimum absolute atomic E-state index is 0.101. The van der Waals surface area contributed by atoms with E-state index in [0.29, 0.717) is 5.65 Å². The smallest absolute Gasteiger partial charge is 0.375 e. The van der Waals surface area contributed by atoms with E-state index in [9.17, 15) is 9.90 Å². The third kappa shape index (κ3) is 2.25. The number of carbonyl (C=O) groups is 1. The molecule has 0 aliphatic carbocycles. The molecule has 1 aromatic carbocycles.